The smallest absolute Gasteiger partial charge is 0.243 e. The third-order valence-corrected chi connectivity index (χ3v) is 3.09. The molecule has 21 heavy (non-hydrogen) atoms. The molecule has 0 saturated carbocycles. The number of benzene rings is 1. The Balaban J connectivity index is 1.89. The summed E-state index contributed by atoms with van der Waals surface area (Å²) in [6.07, 6.45) is 0.414. The number of anilines is 2. The molecule has 112 valence electrons. The molecule has 0 bridgehead atoms. The first-order valence-electron chi connectivity index (χ1n) is 6.79. The molecule has 7 heteroatoms. The summed E-state index contributed by atoms with van der Waals surface area (Å²) in [5.74, 6) is -0.385. The van der Waals surface area contributed by atoms with Crippen molar-refractivity contribution in [2.24, 2.45) is 0 Å². The van der Waals surface area contributed by atoms with Gasteiger partial charge in [-0.15, -0.1) is 0 Å². The Morgan fingerprint density at radius 3 is 2.33 bits per heavy atom. The molecule has 1 aliphatic rings. The van der Waals surface area contributed by atoms with E-state index in [0.717, 1.165) is 0 Å². The summed E-state index contributed by atoms with van der Waals surface area (Å²) >= 11 is 0. The van der Waals surface area contributed by atoms with E-state index in [0.29, 0.717) is 17.8 Å². The second-order valence-corrected chi connectivity index (χ2v) is 4.71. The van der Waals surface area contributed by atoms with E-state index < -0.39 is 6.04 Å². The lowest BCUT2D eigenvalue weighted by atomic mass is 10.2. The fourth-order valence-electron chi connectivity index (χ4n) is 1.87. The molecule has 0 radical (unpaired) electrons. The van der Waals surface area contributed by atoms with Crippen molar-refractivity contribution in [1.29, 1.82) is 0 Å². The van der Waals surface area contributed by atoms with Crippen LogP contribution in [0.4, 0.5) is 11.4 Å². The van der Waals surface area contributed by atoms with Gasteiger partial charge in [0.2, 0.25) is 17.7 Å². The highest BCUT2D eigenvalue weighted by atomic mass is 16.2. The number of piperazine rings is 1. The summed E-state index contributed by atoms with van der Waals surface area (Å²) in [5, 5.41) is 11.0. The maximum Gasteiger partial charge on any atom is 0.243 e. The van der Waals surface area contributed by atoms with Crippen molar-refractivity contribution in [3.8, 4) is 0 Å². The van der Waals surface area contributed by atoms with Gasteiger partial charge < -0.3 is 16.0 Å². The molecule has 1 unspecified atom stereocenters. The summed E-state index contributed by atoms with van der Waals surface area (Å²) in [4.78, 5) is 34.2. The van der Waals surface area contributed by atoms with Gasteiger partial charge in [0.15, 0.2) is 0 Å². The lowest BCUT2D eigenvalue weighted by Gasteiger charge is -2.23. The molecule has 2 rings (SSSR count). The zero-order chi connectivity index (χ0) is 15.2. The van der Waals surface area contributed by atoms with Crippen LogP contribution in [-0.4, -0.2) is 36.9 Å². The van der Waals surface area contributed by atoms with Crippen LogP contribution in [0.1, 0.15) is 13.3 Å². The normalized spacial score (nSPS) is 17.8. The first kappa shape index (κ1) is 15.0. The van der Waals surface area contributed by atoms with Crippen LogP contribution in [0, 0.1) is 0 Å². The fraction of sp³-hybridized carbons (Fsp3) is 0.357. The van der Waals surface area contributed by atoms with Gasteiger partial charge in [-0.05, 0) is 24.3 Å². The third kappa shape index (κ3) is 4.28. The zero-order valence-corrected chi connectivity index (χ0v) is 11.7. The van der Waals surface area contributed by atoms with Gasteiger partial charge in [-0.3, -0.25) is 19.7 Å². The van der Waals surface area contributed by atoms with Crippen molar-refractivity contribution < 1.29 is 14.4 Å². The predicted octanol–water partition coefficient (Wildman–Crippen LogP) is 0.0616. The van der Waals surface area contributed by atoms with Gasteiger partial charge in [0.1, 0.15) is 6.04 Å². The largest absolute Gasteiger partial charge is 0.353 e. The van der Waals surface area contributed by atoms with Gasteiger partial charge in [-0.25, -0.2) is 0 Å². The fourth-order valence-corrected chi connectivity index (χ4v) is 1.87. The SMILES string of the molecule is CCC(=O)Nc1ccc(NC(=O)C2CNC(=O)CN2)cc1. The second-order valence-electron chi connectivity index (χ2n) is 4.71. The van der Waals surface area contributed by atoms with Gasteiger partial charge in [0.25, 0.3) is 0 Å². The lowest BCUT2D eigenvalue weighted by Crippen LogP contribution is -2.56. The van der Waals surface area contributed by atoms with E-state index in [-0.39, 0.29) is 30.8 Å². The van der Waals surface area contributed by atoms with E-state index >= 15 is 0 Å². The Bertz CT molecular complexity index is 532. The first-order valence-corrected chi connectivity index (χ1v) is 6.79. The van der Waals surface area contributed by atoms with Gasteiger partial charge in [0.05, 0.1) is 6.54 Å². The molecular weight excluding hydrogens is 272 g/mol. The van der Waals surface area contributed by atoms with Crippen molar-refractivity contribution in [3.63, 3.8) is 0 Å². The second kappa shape index (κ2) is 6.85. The van der Waals surface area contributed by atoms with Crippen molar-refractivity contribution in [1.82, 2.24) is 10.6 Å². The highest BCUT2D eigenvalue weighted by Crippen LogP contribution is 2.14. The summed E-state index contributed by atoms with van der Waals surface area (Å²) in [6.45, 7) is 2.19. The van der Waals surface area contributed by atoms with Crippen LogP contribution in [0.3, 0.4) is 0 Å². The minimum absolute atomic E-state index is 0.0612. The molecule has 1 saturated heterocycles. The van der Waals surface area contributed by atoms with E-state index in [4.69, 9.17) is 0 Å². The van der Waals surface area contributed by atoms with Crippen LogP contribution in [0.5, 0.6) is 0 Å². The lowest BCUT2D eigenvalue weighted by molar-refractivity contribution is -0.124. The van der Waals surface area contributed by atoms with Gasteiger partial charge in [-0.1, -0.05) is 6.92 Å². The Hall–Kier alpha value is -2.41. The molecule has 1 fully saturated rings. The molecule has 1 aliphatic heterocycles. The molecular formula is C14H18N4O3. The minimum atomic E-state index is -0.442. The zero-order valence-electron chi connectivity index (χ0n) is 11.7. The Morgan fingerprint density at radius 2 is 1.81 bits per heavy atom. The summed E-state index contributed by atoms with van der Waals surface area (Å²) < 4.78 is 0. The summed E-state index contributed by atoms with van der Waals surface area (Å²) in [6, 6.07) is 6.43. The van der Waals surface area contributed by atoms with Crippen LogP contribution in [0.2, 0.25) is 0 Å². The van der Waals surface area contributed by atoms with Crippen molar-refractivity contribution in [3.05, 3.63) is 24.3 Å². The number of amides is 3. The topological polar surface area (TPSA) is 99.3 Å². The Kier molecular flexibility index (Phi) is 4.89. The molecule has 1 aromatic rings. The molecule has 0 spiro atoms. The van der Waals surface area contributed by atoms with Crippen molar-refractivity contribution >= 4 is 29.1 Å². The maximum atomic E-state index is 12.0. The summed E-state index contributed by atoms with van der Waals surface area (Å²) in [7, 11) is 0. The Morgan fingerprint density at radius 1 is 1.19 bits per heavy atom. The van der Waals surface area contributed by atoms with E-state index in [1.54, 1.807) is 31.2 Å². The average Bonchev–Trinajstić information content (AvgIpc) is 2.49. The van der Waals surface area contributed by atoms with E-state index in [1.807, 2.05) is 0 Å². The molecule has 1 aromatic carbocycles. The van der Waals surface area contributed by atoms with E-state index in [2.05, 4.69) is 21.3 Å². The minimum Gasteiger partial charge on any atom is -0.353 e. The van der Waals surface area contributed by atoms with Crippen LogP contribution in [-0.2, 0) is 14.4 Å². The number of nitrogens with one attached hydrogen (secondary N) is 4. The molecule has 1 heterocycles. The van der Waals surface area contributed by atoms with Crippen molar-refractivity contribution in [2.75, 3.05) is 23.7 Å². The molecule has 0 aliphatic carbocycles. The van der Waals surface area contributed by atoms with E-state index in [9.17, 15) is 14.4 Å². The van der Waals surface area contributed by atoms with Crippen LogP contribution < -0.4 is 21.3 Å². The monoisotopic (exact) mass is 290 g/mol. The molecule has 0 aromatic heterocycles. The van der Waals surface area contributed by atoms with Crippen LogP contribution in [0.15, 0.2) is 24.3 Å². The molecule has 4 N–H and O–H groups in total. The molecule has 3 amide bonds. The molecule has 7 nitrogen and oxygen atoms in total. The highest BCUT2D eigenvalue weighted by molar-refractivity contribution is 5.97. The maximum absolute atomic E-state index is 12.0. The van der Waals surface area contributed by atoms with Crippen LogP contribution >= 0.6 is 0 Å². The number of hydrogen-bond donors (Lipinski definition) is 4. The standard InChI is InChI=1S/C14H18N4O3/c1-2-12(19)17-9-3-5-10(6-4-9)18-14(21)11-7-16-13(20)8-15-11/h3-6,11,15H,2,7-8H2,1H3,(H,16,20)(H,17,19)(H,18,21). The Labute approximate surface area is 122 Å². The third-order valence-electron chi connectivity index (χ3n) is 3.09. The number of hydrogen-bond acceptors (Lipinski definition) is 4. The average molecular weight is 290 g/mol. The molecule has 1 atom stereocenters. The van der Waals surface area contributed by atoms with Crippen molar-refractivity contribution in [2.45, 2.75) is 19.4 Å². The predicted molar refractivity (Wildman–Crippen MR) is 78.8 cm³/mol. The number of carbonyl (C=O) groups excluding carboxylic acids is 3. The quantitative estimate of drug-likeness (QED) is 0.630. The van der Waals surface area contributed by atoms with E-state index in [1.165, 1.54) is 0 Å². The van der Waals surface area contributed by atoms with Gasteiger partial charge >= 0.3 is 0 Å². The first-order chi connectivity index (χ1) is 10.1. The summed E-state index contributed by atoms with van der Waals surface area (Å²) in [5.41, 5.74) is 1.32. The highest BCUT2D eigenvalue weighted by Gasteiger charge is 2.23. The number of rotatable bonds is 4. The van der Waals surface area contributed by atoms with Gasteiger partial charge in [-0.2, -0.15) is 0 Å². The van der Waals surface area contributed by atoms with Gasteiger partial charge in [0, 0.05) is 24.3 Å². The number of carbonyl (C=O) groups is 3. The van der Waals surface area contributed by atoms with Crippen LogP contribution in [0.25, 0.3) is 0 Å².